The van der Waals surface area contributed by atoms with Gasteiger partial charge in [0, 0.05) is 28.6 Å². The lowest BCUT2D eigenvalue weighted by atomic mass is 9.78. The molecule has 0 unspecified atom stereocenters. The summed E-state index contributed by atoms with van der Waals surface area (Å²) in [5.41, 5.74) is 3.99. The van der Waals surface area contributed by atoms with Crippen molar-refractivity contribution in [3.8, 4) is 5.75 Å². The maximum atomic E-state index is 13.6. The van der Waals surface area contributed by atoms with E-state index in [1.54, 1.807) is 0 Å². The van der Waals surface area contributed by atoms with Crippen LogP contribution in [0.3, 0.4) is 0 Å². The summed E-state index contributed by atoms with van der Waals surface area (Å²) in [6.45, 7) is 15.1. The maximum absolute atomic E-state index is 13.6. The van der Waals surface area contributed by atoms with Crippen LogP contribution in [-0.4, -0.2) is 20.0 Å². The Hall–Kier alpha value is -2.60. The standard InChI is InChI=1S/C30H41N3O2.BrH/c1-8-9-15-23-19-32(18-21-13-11-10-12-14-21)28(31)33(23)20-26(34)22-16-24(29(2,3)4)27(35)25(17-22)30(5,6)7;/h10-14,16-17,19,31,35H,8-9,15,18,20H2,1-7H3;1H. The van der Waals surface area contributed by atoms with Crippen LogP contribution in [0.4, 0.5) is 0 Å². The van der Waals surface area contributed by atoms with Crippen LogP contribution in [0.5, 0.6) is 5.75 Å². The van der Waals surface area contributed by atoms with Crippen molar-refractivity contribution in [2.45, 2.75) is 91.6 Å². The third-order valence-electron chi connectivity index (χ3n) is 6.51. The number of hydrogen-bond donors (Lipinski definition) is 2. The number of carbonyl (C=O) groups excluding carboxylic acids is 1. The van der Waals surface area contributed by atoms with Gasteiger partial charge in [-0.05, 0) is 41.4 Å². The van der Waals surface area contributed by atoms with Crippen LogP contribution in [0.1, 0.15) is 94.1 Å². The first-order valence-electron chi connectivity index (χ1n) is 12.6. The molecule has 3 rings (SSSR count). The number of rotatable bonds is 8. The van der Waals surface area contributed by atoms with Gasteiger partial charge < -0.3 is 14.2 Å². The zero-order valence-corrected chi connectivity index (χ0v) is 24.5. The first kappa shape index (κ1) is 29.6. The maximum Gasteiger partial charge on any atom is 0.202 e. The van der Waals surface area contributed by atoms with Gasteiger partial charge in [-0.3, -0.25) is 10.2 Å². The number of aryl methyl sites for hydroxylation is 1. The van der Waals surface area contributed by atoms with Crippen LogP contribution >= 0.6 is 17.0 Å². The molecular formula is C30H42BrN3O2. The summed E-state index contributed by atoms with van der Waals surface area (Å²) in [6, 6.07) is 13.8. The molecule has 6 heteroatoms. The lowest BCUT2D eigenvalue weighted by molar-refractivity contribution is 0.0968. The number of phenolic OH excluding ortho intramolecular Hbond substituents is 1. The summed E-state index contributed by atoms with van der Waals surface area (Å²) in [4.78, 5) is 13.6. The SMILES string of the molecule is Br.CCCCc1cn(Cc2ccccc2)c(=N)n1CC(=O)c1cc(C(C)(C)C)c(O)c(C(C)(C)C)c1. The smallest absolute Gasteiger partial charge is 0.202 e. The first-order valence-corrected chi connectivity index (χ1v) is 12.6. The first-order chi connectivity index (χ1) is 16.3. The minimum absolute atomic E-state index is 0. The van der Waals surface area contributed by atoms with Crippen LogP contribution in [0.2, 0.25) is 0 Å². The number of unbranched alkanes of at least 4 members (excludes halogenated alkanes) is 1. The predicted molar refractivity (Wildman–Crippen MR) is 153 cm³/mol. The molecule has 0 aliphatic rings. The van der Waals surface area contributed by atoms with Gasteiger partial charge in [-0.25, -0.2) is 0 Å². The van der Waals surface area contributed by atoms with E-state index in [4.69, 9.17) is 5.41 Å². The van der Waals surface area contributed by atoms with Crippen molar-refractivity contribution in [1.82, 2.24) is 9.13 Å². The van der Waals surface area contributed by atoms with E-state index in [9.17, 15) is 9.90 Å². The van der Waals surface area contributed by atoms with E-state index >= 15 is 0 Å². The molecule has 5 nitrogen and oxygen atoms in total. The predicted octanol–water partition coefficient (Wildman–Crippen LogP) is 6.92. The quantitative estimate of drug-likeness (QED) is 0.296. The van der Waals surface area contributed by atoms with E-state index in [1.165, 1.54) is 0 Å². The second-order valence-corrected chi connectivity index (χ2v) is 11.6. The molecule has 0 amide bonds. The number of hydrogen-bond acceptors (Lipinski definition) is 3. The topological polar surface area (TPSA) is 71.0 Å². The van der Waals surface area contributed by atoms with Gasteiger partial charge in [-0.2, -0.15) is 0 Å². The van der Waals surface area contributed by atoms with Crippen LogP contribution < -0.4 is 5.62 Å². The van der Waals surface area contributed by atoms with Gasteiger partial charge in [0.05, 0.1) is 13.1 Å². The number of Topliss-reactive ketones (excluding diaryl/α,β-unsaturated/α-hetero) is 1. The third kappa shape index (κ3) is 6.78. The number of nitrogens with zero attached hydrogens (tertiary/aromatic N) is 2. The van der Waals surface area contributed by atoms with E-state index in [0.717, 1.165) is 41.6 Å². The van der Waals surface area contributed by atoms with Crippen molar-refractivity contribution in [3.05, 3.63) is 82.2 Å². The second kappa shape index (κ2) is 11.6. The van der Waals surface area contributed by atoms with Gasteiger partial charge in [0.1, 0.15) is 5.75 Å². The van der Waals surface area contributed by atoms with Crippen molar-refractivity contribution >= 4 is 22.8 Å². The third-order valence-corrected chi connectivity index (χ3v) is 6.51. The Morgan fingerprint density at radius 3 is 2.03 bits per heavy atom. The van der Waals surface area contributed by atoms with Gasteiger partial charge >= 0.3 is 0 Å². The van der Waals surface area contributed by atoms with Gasteiger partial charge in [0.2, 0.25) is 5.62 Å². The van der Waals surface area contributed by atoms with Crippen LogP contribution in [-0.2, 0) is 30.3 Å². The van der Waals surface area contributed by atoms with Gasteiger partial charge in [-0.1, -0.05) is 85.2 Å². The minimum atomic E-state index is -0.306. The summed E-state index contributed by atoms with van der Waals surface area (Å²) in [5.74, 6) is 0.225. The lowest BCUT2D eigenvalue weighted by Gasteiger charge is -2.28. The van der Waals surface area contributed by atoms with Gasteiger partial charge in [0.15, 0.2) is 5.78 Å². The molecule has 0 bridgehead atoms. The van der Waals surface area contributed by atoms with Gasteiger partial charge in [-0.15, -0.1) is 17.0 Å². The molecule has 0 aliphatic heterocycles. The number of carbonyl (C=O) groups is 1. The molecule has 1 aromatic heterocycles. The monoisotopic (exact) mass is 555 g/mol. The molecule has 0 radical (unpaired) electrons. The molecule has 0 fully saturated rings. The molecule has 0 aliphatic carbocycles. The van der Waals surface area contributed by atoms with Crippen molar-refractivity contribution in [3.63, 3.8) is 0 Å². The Kier molecular flexibility index (Phi) is 9.58. The zero-order valence-electron chi connectivity index (χ0n) is 22.8. The molecular weight excluding hydrogens is 514 g/mol. The molecule has 0 atom stereocenters. The minimum Gasteiger partial charge on any atom is -0.507 e. The molecule has 0 spiro atoms. The van der Waals surface area contributed by atoms with Crippen molar-refractivity contribution in [1.29, 1.82) is 5.41 Å². The fraction of sp³-hybridized carbons (Fsp3) is 0.467. The van der Waals surface area contributed by atoms with E-state index < -0.39 is 0 Å². The number of aromatic hydroxyl groups is 1. The fourth-order valence-electron chi connectivity index (χ4n) is 4.41. The van der Waals surface area contributed by atoms with Gasteiger partial charge in [0.25, 0.3) is 0 Å². The normalized spacial score (nSPS) is 11.9. The largest absolute Gasteiger partial charge is 0.507 e. The van der Waals surface area contributed by atoms with Crippen LogP contribution in [0.15, 0.2) is 48.7 Å². The summed E-state index contributed by atoms with van der Waals surface area (Å²) >= 11 is 0. The van der Waals surface area contributed by atoms with E-state index in [2.05, 4.69) is 19.1 Å². The summed E-state index contributed by atoms with van der Waals surface area (Å²) in [5, 5.41) is 19.9. The van der Waals surface area contributed by atoms with E-state index in [-0.39, 0.29) is 45.9 Å². The van der Waals surface area contributed by atoms with Crippen molar-refractivity contribution in [2.75, 3.05) is 0 Å². The molecule has 2 aromatic carbocycles. The van der Waals surface area contributed by atoms with E-state index in [1.807, 2.05) is 87.2 Å². The fourth-order valence-corrected chi connectivity index (χ4v) is 4.41. The highest BCUT2D eigenvalue weighted by molar-refractivity contribution is 8.93. The second-order valence-electron chi connectivity index (χ2n) is 11.6. The number of phenols is 1. The number of aromatic nitrogens is 2. The summed E-state index contributed by atoms with van der Waals surface area (Å²) < 4.78 is 3.77. The Morgan fingerprint density at radius 1 is 0.972 bits per heavy atom. The molecule has 0 saturated heterocycles. The Bertz CT molecular complexity index is 1210. The number of benzene rings is 2. The average Bonchev–Trinajstić information content (AvgIpc) is 3.05. The molecule has 36 heavy (non-hydrogen) atoms. The Labute approximate surface area is 226 Å². The van der Waals surface area contributed by atoms with Crippen LogP contribution in [0.25, 0.3) is 0 Å². The number of ketones is 1. The Morgan fingerprint density at radius 2 is 1.53 bits per heavy atom. The number of imidazole rings is 1. The Balaban J connectivity index is 0.00000456. The van der Waals surface area contributed by atoms with Crippen molar-refractivity contribution < 1.29 is 9.90 Å². The highest BCUT2D eigenvalue weighted by Crippen LogP contribution is 2.39. The molecule has 0 saturated carbocycles. The van der Waals surface area contributed by atoms with Crippen LogP contribution in [0, 0.1) is 5.41 Å². The van der Waals surface area contributed by atoms with Crippen molar-refractivity contribution in [2.24, 2.45) is 0 Å². The highest BCUT2D eigenvalue weighted by Gasteiger charge is 2.28. The average molecular weight is 557 g/mol. The van der Waals surface area contributed by atoms with E-state index in [0.29, 0.717) is 17.7 Å². The summed E-state index contributed by atoms with van der Waals surface area (Å²) in [6.07, 6.45) is 4.90. The highest BCUT2D eigenvalue weighted by atomic mass is 79.9. The molecule has 3 aromatic rings. The zero-order chi connectivity index (χ0) is 26.0. The molecule has 1 heterocycles. The number of nitrogens with one attached hydrogen (secondary N) is 1. The molecule has 2 N–H and O–H groups in total. The molecule has 196 valence electrons. The number of halogens is 1. The summed E-state index contributed by atoms with van der Waals surface area (Å²) in [7, 11) is 0. The lowest BCUT2D eigenvalue weighted by Crippen LogP contribution is -2.29.